The lowest BCUT2D eigenvalue weighted by atomic mass is 9.87. The van der Waals surface area contributed by atoms with Crippen LogP contribution < -0.4 is 10.6 Å². The maximum Gasteiger partial charge on any atom is 0.315 e. The molecular weight excluding hydrogens is 283 g/mol. The monoisotopic (exact) mass is 308 g/mol. The minimum atomic E-state index is -0.237. The molecule has 1 atom stereocenters. The van der Waals surface area contributed by atoms with E-state index in [0.717, 1.165) is 25.7 Å². The normalized spacial score (nSPS) is 22.9. The number of benzene rings is 1. The van der Waals surface area contributed by atoms with Gasteiger partial charge in [-0.15, -0.1) is 0 Å². The van der Waals surface area contributed by atoms with Crippen molar-refractivity contribution < 1.29 is 14.3 Å². The number of nitrogens with one attached hydrogen (secondary N) is 2. The van der Waals surface area contributed by atoms with Gasteiger partial charge in [0.2, 0.25) is 0 Å². The summed E-state index contributed by atoms with van der Waals surface area (Å²) in [6.45, 7) is 2.10. The summed E-state index contributed by atoms with van der Waals surface area (Å²) in [7, 11) is 0. The topological polar surface area (TPSA) is 61.4 Å². The Labute approximate surface area is 131 Å². The van der Waals surface area contributed by atoms with Gasteiger partial charge in [-0.25, -0.2) is 9.18 Å². The molecule has 0 heterocycles. The predicted molar refractivity (Wildman–Crippen MR) is 84.1 cm³/mol. The maximum absolute atomic E-state index is 13.6. The fourth-order valence-corrected chi connectivity index (χ4v) is 2.99. The van der Waals surface area contributed by atoms with Crippen LogP contribution in [0.15, 0.2) is 24.3 Å². The second kappa shape index (κ2) is 8.13. The number of halogens is 1. The Balaban J connectivity index is 1.74. The molecule has 0 radical (unpaired) electrons. The third kappa shape index (κ3) is 4.98. The third-order valence-electron chi connectivity index (χ3n) is 4.30. The molecule has 1 aromatic rings. The Morgan fingerprint density at radius 2 is 2.00 bits per heavy atom. The Morgan fingerprint density at radius 3 is 2.64 bits per heavy atom. The van der Waals surface area contributed by atoms with Crippen molar-refractivity contribution in [1.29, 1.82) is 0 Å². The molecule has 5 heteroatoms. The molecule has 1 fully saturated rings. The van der Waals surface area contributed by atoms with Crippen molar-refractivity contribution in [2.45, 2.75) is 51.1 Å². The van der Waals surface area contributed by atoms with E-state index in [1.165, 1.54) is 6.07 Å². The summed E-state index contributed by atoms with van der Waals surface area (Å²) >= 11 is 0. The van der Waals surface area contributed by atoms with Gasteiger partial charge in [-0.2, -0.15) is 0 Å². The van der Waals surface area contributed by atoms with Crippen LogP contribution in [0.2, 0.25) is 0 Å². The molecule has 0 spiro atoms. The Kier molecular flexibility index (Phi) is 6.19. The molecule has 0 aromatic heterocycles. The van der Waals surface area contributed by atoms with Crippen molar-refractivity contribution in [3.8, 4) is 0 Å². The minimum Gasteiger partial charge on any atom is -0.396 e. The lowest BCUT2D eigenvalue weighted by Gasteiger charge is -2.28. The van der Waals surface area contributed by atoms with E-state index in [-0.39, 0.29) is 30.5 Å². The van der Waals surface area contributed by atoms with Gasteiger partial charge in [0.05, 0.1) is 0 Å². The summed E-state index contributed by atoms with van der Waals surface area (Å²) in [5, 5.41) is 14.9. The summed E-state index contributed by atoms with van der Waals surface area (Å²) in [4.78, 5) is 12.0. The van der Waals surface area contributed by atoms with Gasteiger partial charge >= 0.3 is 6.03 Å². The van der Waals surface area contributed by atoms with E-state index in [2.05, 4.69) is 10.6 Å². The van der Waals surface area contributed by atoms with Gasteiger partial charge < -0.3 is 15.7 Å². The number of hydrogen-bond donors (Lipinski definition) is 3. The SMILES string of the molecule is CC(Cc1ccccc1F)NC(=O)NC1CCC(CO)CC1. The molecule has 22 heavy (non-hydrogen) atoms. The third-order valence-corrected chi connectivity index (χ3v) is 4.30. The first kappa shape index (κ1) is 16.7. The summed E-state index contributed by atoms with van der Waals surface area (Å²) < 4.78 is 13.6. The van der Waals surface area contributed by atoms with Crippen molar-refractivity contribution in [2.75, 3.05) is 6.61 Å². The van der Waals surface area contributed by atoms with Crippen LogP contribution in [0.3, 0.4) is 0 Å². The summed E-state index contributed by atoms with van der Waals surface area (Å²) in [6, 6.07) is 6.46. The zero-order valence-electron chi connectivity index (χ0n) is 13.0. The first-order valence-electron chi connectivity index (χ1n) is 7.99. The smallest absolute Gasteiger partial charge is 0.315 e. The van der Waals surface area contributed by atoms with Crippen molar-refractivity contribution in [2.24, 2.45) is 5.92 Å². The molecule has 1 aliphatic rings. The quantitative estimate of drug-likeness (QED) is 0.783. The van der Waals surface area contributed by atoms with E-state index < -0.39 is 0 Å². The lowest BCUT2D eigenvalue weighted by molar-refractivity contribution is 0.174. The average Bonchev–Trinajstić information content (AvgIpc) is 2.50. The van der Waals surface area contributed by atoms with E-state index in [1.54, 1.807) is 18.2 Å². The van der Waals surface area contributed by atoms with Crippen LogP contribution in [0.4, 0.5) is 9.18 Å². The zero-order valence-corrected chi connectivity index (χ0v) is 13.0. The fraction of sp³-hybridized carbons (Fsp3) is 0.588. The number of rotatable bonds is 5. The molecule has 2 amide bonds. The number of urea groups is 1. The van der Waals surface area contributed by atoms with Crippen LogP contribution in [0.5, 0.6) is 0 Å². The zero-order chi connectivity index (χ0) is 15.9. The molecule has 122 valence electrons. The number of carbonyl (C=O) groups excluding carboxylic acids is 1. The minimum absolute atomic E-state index is 0.134. The Bertz CT molecular complexity index is 487. The molecule has 1 aliphatic carbocycles. The van der Waals surface area contributed by atoms with Crippen molar-refractivity contribution in [3.63, 3.8) is 0 Å². The summed E-state index contributed by atoms with van der Waals surface area (Å²) in [6.07, 6.45) is 4.18. The van der Waals surface area contributed by atoms with E-state index >= 15 is 0 Å². The van der Waals surface area contributed by atoms with Gasteiger partial charge in [-0.1, -0.05) is 18.2 Å². The Hall–Kier alpha value is -1.62. The highest BCUT2D eigenvalue weighted by Crippen LogP contribution is 2.23. The van der Waals surface area contributed by atoms with E-state index in [0.29, 0.717) is 17.9 Å². The predicted octanol–water partition coefficient (Wildman–Crippen LogP) is 2.61. The van der Waals surface area contributed by atoms with E-state index in [9.17, 15) is 9.18 Å². The highest BCUT2D eigenvalue weighted by atomic mass is 19.1. The molecule has 0 bridgehead atoms. The largest absolute Gasteiger partial charge is 0.396 e. The summed E-state index contributed by atoms with van der Waals surface area (Å²) in [5.74, 6) is 0.139. The van der Waals surface area contributed by atoms with Gasteiger partial charge in [0.1, 0.15) is 5.82 Å². The highest BCUT2D eigenvalue weighted by Gasteiger charge is 2.22. The van der Waals surface area contributed by atoms with Gasteiger partial charge in [0.15, 0.2) is 0 Å². The molecule has 1 aromatic carbocycles. The number of aliphatic hydroxyl groups excluding tert-OH is 1. The van der Waals surface area contributed by atoms with Crippen LogP contribution in [-0.2, 0) is 6.42 Å². The van der Waals surface area contributed by atoms with Crippen LogP contribution in [0, 0.1) is 11.7 Å². The van der Waals surface area contributed by atoms with Crippen LogP contribution >= 0.6 is 0 Å². The molecule has 0 aliphatic heterocycles. The van der Waals surface area contributed by atoms with Crippen molar-refractivity contribution >= 4 is 6.03 Å². The van der Waals surface area contributed by atoms with Gasteiger partial charge in [0.25, 0.3) is 0 Å². The van der Waals surface area contributed by atoms with E-state index in [1.807, 2.05) is 6.92 Å². The van der Waals surface area contributed by atoms with Crippen molar-refractivity contribution in [3.05, 3.63) is 35.6 Å². The van der Waals surface area contributed by atoms with Gasteiger partial charge in [0, 0.05) is 18.7 Å². The molecule has 2 rings (SSSR count). The molecule has 4 nitrogen and oxygen atoms in total. The number of carbonyl (C=O) groups is 1. The lowest BCUT2D eigenvalue weighted by Crippen LogP contribution is -2.47. The van der Waals surface area contributed by atoms with E-state index in [4.69, 9.17) is 5.11 Å². The van der Waals surface area contributed by atoms with Crippen molar-refractivity contribution in [1.82, 2.24) is 10.6 Å². The van der Waals surface area contributed by atoms with Gasteiger partial charge in [-0.05, 0) is 56.6 Å². The molecule has 1 saturated carbocycles. The second-order valence-corrected chi connectivity index (χ2v) is 6.21. The molecular formula is C17H25FN2O2. The fourth-order valence-electron chi connectivity index (χ4n) is 2.99. The van der Waals surface area contributed by atoms with Crippen LogP contribution in [-0.4, -0.2) is 29.8 Å². The first-order valence-corrected chi connectivity index (χ1v) is 7.99. The summed E-state index contributed by atoms with van der Waals surface area (Å²) in [5.41, 5.74) is 0.610. The number of hydrogen-bond acceptors (Lipinski definition) is 2. The van der Waals surface area contributed by atoms with Crippen LogP contribution in [0.1, 0.15) is 38.2 Å². The van der Waals surface area contributed by atoms with Crippen LogP contribution in [0.25, 0.3) is 0 Å². The van der Waals surface area contributed by atoms with Gasteiger partial charge in [-0.3, -0.25) is 0 Å². The second-order valence-electron chi connectivity index (χ2n) is 6.21. The molecule has 0 saturated heterocycles. The first-order chi connectivity index (χ1) is 10.6. The molecule has 3 N–H and O–H groups in total. The molecule has 1 unspecified atom stereocenters. The maximum atomic E-state index is 13.6. The number of aliphatic hydroxyl groups is 1. The highest BCUT2D eigenvalue weighted by molar-refractivity contribution is 5.74. The number of amides is 2. The Morgan fingerprint density at radius 1 is 1.32 bits per heavy atom. The average molecular weight is 308 g/mol. The standard InChI is InChI=1S/C17H25FN2O2/c1-12(10-14-4-2-3-5-16(14)18)19-17(22)20-15-8-6-13(11-21)7-9-15/h2-5,12-13,15,21H,6-11H2,1H3,(H2,19,20,22).